The van der Waals surface area contributed by atoms with Gasteiger partial charge in [0.05, 0.1) is 0 Å². The van der Waals surface area contributed by atoms with Gasteiger partial charge < -0.3 is 15.3 Å². The van der Waals surface area contributed by atoms with Gasteiger partial charge in [-0.3, -0.25) is 9.59 Å². The number of imidazole rings is 1. The molecule has 0 bridgehead atoms. The molecule has 7 heteroatoms. The van der Waals surface area contributed by atoms with E-state index in [2.05, 4.69) is 15.3 Å². The van der Waals surface area contributed by atoms with Crippen LogP contribution in [0, 0.1) is 6.92 Å². The molecule has 0 atom stereocenters. The molecule has 1 amide bonds. The molecule has 0 aliphatic heterocycles. The lowest BCUT2D eigenvalue weighted by atomic mass is 10.1. The summed E-state index contributed by atoms with van der Waals surface area (Å²) in [5, 5.41) is 2.73. The van der Waals surface area contributed by atoms with Gasteiger partial charge in [0.25, 0.3) is 0 Å². The largest absolute Gasteiger partial charge is 0.326 e. The number of hydrogen-bond acceptors (Lipinski definition) is 3. The quantitative estimate of drug-likeness (QED) is 0.562. The number of aromatic amines is 2. The summed E-state index contributed by atoms with van der Waals surface area (Å²) in [6.45, 7) is 1.65. The number of aryl methyl sites for hydroxylation is 1. The van der Waals surface area contributed by atoms with Crippen LogP contribution in [-0.2, 0) is 4.79 Å². The zero-order chi connectivity index (χ0) is 16.1. The van der Waals surface area contributed by atoms with Gasteiger partial charge in [0.2, 0.25) is 11.7 Å². The lowest BCUT2D eigenvalue weighted by Gasteiger charge is -2.05. The molecule has 2 aromatic rings. The van der Waals surface area contributed by atoms with Gasteiger partial charge in [0, 0.05) is 29.2 Å². The van der Waals surface area contributed by atoms with E-state index in [9.17, 15) is 14.4 Å². The zero-order valence-electron chi connectivity index (χ0n) is 12.0. The second-order valence-corrected chi connectivity index (χ2v) is 5.20. The normalized spacial score (nSPS) is 10.5. The van der Waals surface area contributed by atoms with E-state index in [4.69, 9.17) is 11.6 Å². The van der Waals surface area contributed by atoms with Gasteiger partial charge in [0.1, 0.15) is 5.69 Å². The average Bonchev–Trinajstić information content (AvgIpc) is 2.84. The third-order valence-corrected chi connectivity index (χ3v) is 3.38. The number of carbonyl (C=O) groups excluding carboxylic acids is 2. The van der Waals surface area contributed by atoms with Crippen LogP contribution in [0.4, 0.5) is 5.69 Å². The number of rotatable bonds is 6. The number of H-pyrrole nitrogens is 2. The highest BCUT2D eigenvalue weighted by Crippen LogP contribution is 2.14. The van der Waals surface area contributed by atoms with Crippen molar-refractivity contribution in [1.82, 2.24) is 9.97 Å². The first-order valence-electron chi connectivity index (χ1n) is 6.80. The average molecular weight is 322 g/mol. The van der Waals surface area contributed by atoms with E-state index < -0.39 is 5.69 Å². The summed E-state index contributed by atoms with van der Waals surface area (Å²) < 4.78 is 0. The maximum atomic E-state index is 12.3. The van der Waals surface area contributed by atoms with Crippen molar-refractivity contribution in [3.05, 3.63) is 51.7 Å². The van der Waals surface area contributed by atoms with Crippen molar-refractivity contribution in [1.29, 1.82) is 0 Å². The van der Waals surface area contributed by atoms with Crippen LogP contribution in [-0.4, -0.2) is 27.5 Å². The van der Waals surface area contributed by atoms with Crippen LogP contribution in [0.5, 0.6) is 0 Å². The Hall–Kier alpha value is -2.34. The lowest BCUT2D eigenvalue weighted by Crippen LogP contribution is -2.11. The molecule has 1 aromatic heterocycles. The number of ketones is 1. The van der Waals surface area contributed by atoms with Crippen LogP contribution in [0.2, 0.25) is 0 Å². The minimum absolute atomic E-state index is 0.120. The van der Waals surface area contributed by atoms with E-state index in [1.54, 1.807) is 31.2 Å². The van der Waals surface area contributed by atoms with Gasteiger partial charge in [-0.05, 0) is 37.6 Å². The molecule has 2 rings (SSSR count). The van der Waals surface area contributed by atoms with Crippen LogP contribution < -0.4 is 11.0 Å². The molecule has 0 saturated heterocycles. The maximum Gasteiger partial charge on any atom is 0.323 e. The molecule has 6 nitrogen and oxygen atoms in total. The number of carbonyl (C=O) groups is 2. The summed E-state index contributed by atoms with van der Waals surface area (Å²) in [6.07, 6.45) is 0.970. The van der Waals surface area contributed by atoms with Crippen molar-refractivity contribution in [2.24, 2.45) is 0 Å². The Bertz CT molecular complexity index is 731. The van der Waals surface area contributed by atoms with Crippen molar-refractivity contribution in [3.8, 4) is 0 Å². The Morgan fingerprint density at radius 2 is 1.86 bits per heavy atom. The molecular formula is C15H16ClN3O3. The molecular weight excluding hydrogens is 306 g/mol. The van der Waals surface area contributed by atoms with Crippen LogP contribution in [0.15, 0.2) is 29.1 Å². The van der Waals surface area contributed by atoms with Crippen LogP contribution in [0.3, 0.4) is 0 Å². The molecule has 0 saturated carbocycles. The first-order chi connectivity index (χ1) is 10.5. The van der Waals surface area contributed by atoms with Crippen molar-refractivity contribution in [2.45, 2.75) is 19.8 Å². The second-order valence-electron chi connectivity index (χ2n) is 4.83. The van der Waals surface area contributed by atoms with Crippen molar-refractivity contribution >= 4 is 29.0 Å². The third-order valence-electron chi connectivity index (χ3n) is 3.11. The minimum atomic E-state index is -0.413. The summed E-state index contributed by atoms with van der Waals surface area (Å²) in [5.41, 5.74) is 1.36. The van der Waals surface area contributed by atoms with Gasteiger partial charge in [-0.25, -0.2) is 4.79 Å². The number of hydrogen-bond donors (Lipinski definition) is 3. The summed E-state index contributed by atoms with van der Waals surface area (Å²) in [7, 11) is 0. The van der Waals surface area contributed by atoms with Crippen molar-refractivity contribution < 1.29 is 9.59 Å². The fourth-order valence-electron chi connectivity index (χ4n) is 2.00. The van der Waals surface area contributed by atoms with E-state index in [0.29, 0.717) is 35.7 Å². The number of halogens is 1. The van der Waals surface area contributed by atoms with Gasteiger partial charge >= 0.3 is 5.69 Å². The molecule has 0 aliphatic rings. The highest BCUT2D eigenvalue weighted by atomic mass is 35.5. The fraction of sp³-hybridized carbons (Fsp3) is 0.267. The number of nitrogens with one attached hydrogen (secondary N) is 3. The number of alkyl halides is 1. The smallest absolute Gasteiger partial charge is 0.323 e. The standard InChI is InChI=1S/C15H16ClN3O3/c1-9-13(19-15(22)17-9)14(21)10-4-6-11(7-5-10)18-12(20)3-2-8-16/h4-7H,2-3,8H2,1H3,(H,18,20)(H2,17,19,22). The zero-order valence-corrected chi connectivity index (χ0v) is 12.8. The second kappa shape index (κ2) is 7.09. The summed E-state index contributed by atoms with van der Waals surface area (Å²) in [4.78, 5) is 40.0. The number of aromatic nitrogens is 2. The fourth-order valence-corrected chi connectivity index (χ4v) is 2.13. The maximum absolute atomic E-state index is 12.3. The van der Waals surface area contributed by atoms with Crippen LogP contribution in [0.25, 0.3) is 0 Å². The van der Waals surface area contributed by atoms with E-state index in [1.165, 1.54) is 0 Å². The molecule has 0 radical (unpaired) electrons. The Labute approximate surface area is 131 Å². The van der Waals surface area contributed by atoms with E-state index >= 15 is 0 Å². The Morgan fingerprint density at radius 3 is 2.41 bits per heavy atom. The summed E-state index contributed by atoms with van der Waals surface area (Å²) >= 11 is 5.53. The Balaban J connectivity index is 2.08. The first kappa shape index (κ1) is 16.0. The summed E-state index contributed by atoms with van der Waals surface area (Å²) in [5.74, 6) is 0.0381. The molecule has 1 heterocycles. The number of amides is 1. The van der Waals surface area contributed by atoms with Gasteiger partial charge in [-0.15, -0.1) is 11.6 Å². The molecule has 0 fully saturated rings. The molecule has 116 valence electrons. The molecule has 1 aromatic carbocycles. The molecule has 3 N–H and O–H groups in total. The first-order valence-corrected chi connectivity index (χ1v) is 7.34. The predicted octanol–water partition coefficient (Wildman–Crippen LogP) is 2.20. The molecule has 0 unspecified atom stereocenters. The highest BCUT2D eigenvalue weighted by Gasteiger charge is 2.14. The monoisotopic (exact) mass is 321 g/mol. The topological polar surface area (TPSA) is 94.8 Å². The van der Waals surface area contributed by atoms with E-state index in [1.807, 2.05) is 0 Å². The van der Waals surface area contributed by atoms with Gasteiger partial charge in [-0.1, -0.05) is 0 Å². The van der Waals surface area contributed by atoms with Gasteiger partial charge in [-0.2, -0.15) is 0 Å². The van der Waals surface area contributed by atoms with Crippen molar-refractivity contribution in [3.63, 3.8) is 0 Å². The molecule has 0 spiro atoms. The van der Waals surface area contributed by atoms with E-state index in [0.717, 1.165) is 0 Å². The predicted molar refractivity (Wildman–Crippen MR) is 84.6 cm³/mol. The number of benzene rings is 1. The molecule has 0 aliphatic carbocycles. The highest BCUT2D eigenvalue weighted by molar-refractivity contribution is 6.18. The third kappa shape index (κ3) is 3.85. The SMILES string of the molecule is Cc1[nH]c(=O)[nH]c1C(=O)c1ccc(NC(=O)CCCCl)cc1. The Kier molecular flexibility index (Phi) is 5.16. The van der Waals surface area contributed by atoms with Gasteiger partial charge in [0.15, 0.2) is 0 Å². The minimum Gasteiger partial charge on any atom is -0.326 e. The van der Waals surface area contributed by atoms with E-state index in [-0.39, 0.29) is 17.4 Å². The summed E-state index contributed by atoms with van der Waals surface area (Å²) in [6, 6.07) is 6.49. The van der Waals surface area contributed by atoms with Crippen molar-refractivity contribution in [2.75, 3.05) is 11.2 Å². The number of anilines is 1. The lowest BCUT2D eigenvalue weighted by molar-refractivity contribution is -0.116. The van der Waals surface area contributed by atoms with Crippen LogP contribution in [0.1, 0.15) is 34.6 Å². The van der Waals surface area contributed by atoms with Crippen LogP contribution >= 0.6 is 11.6 Å². The molecule has 22 heavy (non-hydrogen) atoms. The Morgan fingerprint density at radius 1 is 1.18 bits per heavy atom.